The first kappa shape index (κ1) is 10.3. The molecule has 0 bridgehead atoms. The topological polar surface area (TPSA) is 39.6 Å². The van der Waals surface area contributed by atoms with Gasteiger partial charge in [0.05, 0.1) is 28.1 Å². The molecule has 76 valence electrons. The normalized spacial score (nSPS) is 10.5. The van der Waals surface area contributed by atoms with Crippen LogP contribution in [-0.4, -0.2) is 4.98 Å². The summed E-state index contributed by atoms with van der Waals surface area (Å²) in [4.78, 5) is 2.79. The fraction of sp³-hybridized carbons (Fsp3) is 0.100. The van der Waals surface area contributed by atoms with Crippen molar-refractivity contribution in [2.24, 2.45) is 0 Å². The van der Waals surface area contributed by atoms with E-state index >= 15 is 0 Å². The second kappa shape index (κ2) is 3.73. The Hall–Kier alpha value is -1.24. The predicted octanol–water partition coefficient (Wildman–Crippen LogP) is 3.57. The zero-order valence-electron chi connectivity index (χ0n) is 7.44. The molecule has 0 aliphatic rings. The molecular weight excluding hydrogens is 238 g/mol. The smallest absolute Gasteiger partial charge is 0.165 e. The Morgan fingerprint density at radius 3 is 2.80 bits per heavy atom. The van der Waals surface area contributed by atoms with Crippen LogP contribution in [0.25, 0.3) is 10.9 Å². The van der Waals surface area contributed by atoms with Gasteiger partial charge in [0, 0.05) is 11.1 Å². The molecule has 0 atom stereocenters. The summed E-state index contributed by atoms with van der Waals surface area (Å²) < 4.78 is 13.5. The Bertz CT molecular complexity index is 569. The second-order valence-electron chi connectivity index (χ2n) is 3.05. The molecule has 2 nitrogen and oxygen atoms in total. The molecule has 2 rings (SSSR count). The maximum absolute atomic E-state index is 13.5. The van der Waals surface area contributed by atoms with E-state index in [-0.39, 0.29) is 16.4 Å². The van der Waals surface area contributed by atoms with E-state index in [0.717, 1.165) is 0 Å². The van der Waals surface area contributed by atoms with Crippen molar-refractivity contribution in [2.75, 3.05) is 0 Å². The van der Waals surface area contributed by atoms with E-state index in [2.05, 4.69) is 4.98 Å². The van der Waals surface area contributed by atoms with Gasteiger partial charge < -0.3 is 4.98 Å². The van der Waals surface area contributed by atoms with Gasteiger partial charge in [0.15, 0.2) is 5.82 Å². The molecule has 1 aromatic carbocycles. The molecule has 0 amide bonds. The van der Waals surface area contributed by atoms with E-state index in [0.29, 0.717) is 16.6 Å². The van der Waals surface area contributed by atoms with Gasteiger partial charge in [-0.1, -0.05) is 11.6 Å². The highest BCUT2D eigenvalue weighted by molar-refractivity contribution is 6.31. The lowest BCUT2D eigenvalue weighted by molar-refractivity contribution is 0.637. The SMILES string of the molecule is N#Cc1cc(Cl)c(F)c2[nH]c(CCl)cc12. The molecule has 1 aromatic heterocycles. The second-order valence-corrected chi connectivity index (χ2v) is 3.72. The van der Waals surface area contributed by atoms with Crippen LogP contribution in [0.1, 0.15) is 11.3 Å². The number of hydrogen-bond acceptors (Lipinski definition) is 1. The van der Waals surface area contributed by atoms with E-state index in [1.807, 2.05) is 6.07 Å². The lowest BCUT2D eigenvalue weighted by Gasteiger charge is -1.97. The molecular formula is C10H5Cl2FN2. The van der Waals surface area contributed by atoms with Crippen molar-refractivity contribution in [2.45, 2.75) is 5.88 Å². The summed E-state index contributed by atoms with van der Waals surface area (Å²) in [5.41, 5.74) is 1.23. The number of nitrogens with one attached hydrogen (secondary N) is 1. The zero-order chi connectivity index (χ0) is 11.0. The quantitative estimate of drug-likeness (QED) is 0.764. The van der Waals surface area contributed by atoms with E-state index in [1.54, 1.807) is 6.07 Å². The fourth-order valence-electron chi connectivity index (χ4n) is 1.45. The van der Waals surface area contributed by atoms with Crippen LogP contribution in [0.3, 0.4) is 0 Å². The maximum atomic E-state index is 13.5. The Morgan fingerprint density at radius 1 is 1.47 bits per heavy atom. The number of benzene rings is 1. The Kier molecular flexibility index (Phi) is 2.56. The van der Waals surface area contributed by atoms with Crippen molar-refractivity contribution in [3.63, 3.8) is 0 Å². The monoisotopic (exact) mass is 242 g/mol. The van der Waals surface area contributed by atoms with Gasteiger partial charge in [-0.25, -0.2) is 4.39 Å². The van der Waals surface area contributed by atoms with Crippen LogP contribution in [0.4, 0.5) is 4.39 Å². The highest BCUT2D eigenvalue weighted by Gasteiger charge is 2.13. The molecule has 1 N–H and O–H groups in total. The molecule has 2 aromatic rings. The molecule has 0 fully saturated rings. The molecule has 0 saturated heterocycles. The van der Waals surface area contributed by atoms with Crippen LogP contribution in [0.15, 0.2) is 12.1 Å². The van der Waals surface area contributed by atoms with Crippen molar-refractivity contribution in [3.05, 3.63) is 34.2 Å². The lowest BCUT2D eigenvalue weighted by Crippen LogP contribution is -1.84. The third-order valence-corrected chi connectivity index (χ3v) is 2.69. The number of halogens is 3. The summed E-state index contributed by atoms with van der Waals surface area (Å²) in [7, 11) is 0. The minimum Gasteiger partial charge on any atom is -0.355 e. The maximum Gasteiger partial charge on any atom is 0.165 e. The van der Waals surface area contributed by atoms with Crippen molar-refractivity contribution in [1.29, 1.82) is 5.26 Å². The number of rotatable bonds is 1. The van der Waals surface area contributed by atoms with Gasteiger partial charge in [0.2, 0.25) is 0 Å². The number of hydrogen-bond donors (Lipinski definition) is 1. The summed E-state index contributed by atoms with van der Waals surface area (Å²) in [5, 5.41) is 9.30. The molecule has 0 saturated carbocycles. The van der Waals surface area contributed by atoms with Crippen LogP contribution in [0.2, 0.25) is 5.02 Å². The number of aromatic amines is 1. The summed E-state index contributed by atoms with van der Waals surface area (Å²) >= 11 is 11.3. The highest BCUT2D eigenvalue weighted by Crippen LogP contribution is 2.28. The Balaban J connectivity index is 2.88. The van der Waals surface area contributed by atoms with Crippen LogP contribution < -0.4 is 0 Å². The summed E-state index contributed by atoms with van der Waals surface area (Å²) in [5.74, 6) is -0.321. The summed E-state index contributed by atoms with van der Waals surface area (Å²) in [6.45, 7) is 0. The third-order valence-electron chi connectivity index (χ3n) is 2.13. The van der Waals surface area contributed by atoms with Crippen molar-refractivity contribution >= 4 is 34.1 Å². The summed E-state index contributed by atoms with van der Waals surface area (Å²) in [6.07, 6.45) is 0. The van der Waals surface area contributed by atoms with E-state index < -0.39 is 5.82 Å². The fourth-order valence-corrected chi connectivity index (χ4v) is 1.80. The van der Waals surface area contributed by atoms with Gasteiger partial charge in [0.1, 0.15) is 0 Å². The number of fused-ring (bicyclic) bond motifs is 1. The van der Waals surface area contributed by atoms with E-state index in [4.69, 9.17) is 28.5 Å². The van der Waals surface area contributed by atoms with Gasteiger partial charge >= 0.3 is 0 Å². The molecule has 5 heteroatoms. The standard InChI is InChI=1S/C10H5Cl2FN2/c11-3-6-2-7-5(4-14)1-8(12)9(13)10(7)15-6/h1-2,15H,3H2. The van der Waals surface area contributed by atoms with E-state index in [1.165, 1.54) is 6.07 Å². The third kappa shape index (κ3) is 1.56. The molecule has 1 heterocycles. The predicted molar refractivity (Wildman–Crippen MR) is 57.5 cm³/mol. The van der Waals surface area contributed by atoms with Crippen molar-refractivity contribution in [3.8, 4) is 6.07 Å². The van der Waals surface area contributed by atoms with E-state index in [9.17, 15) is 4.39 Å². The first-order chi connectivity index (χ1) is 7.17. The van der Waals surface area contributed by atoms with Gasteiger partial charge in [-0.2, -0.15) is 5.26 Å². The van der Waals surface area contributed by atoms with Gasteiger partial charge in [0.25, 0.3) is 0 Å². The van der Waals surface area contributed by atoms with Crippen LogP contribution in [0, 0.1) is 17.1 Å². The molecule has 0 unspecified atom stereocenters. The summed E-state index contributed by atoms with van der Waals surface area (Å²) in [6, 6.07) is 4.92. The number of alkyl halides is 1. The van der Waals surface area contributed by atoms with Crippen LogP contribution >= 0.6 is 23.2 Å². The Labute approximate surface area is 95.2 Å². The van der Waals surface area contributed by atoms with Crippen molar-refractivity contribution in [1.82, 2.24) is 4.98 Å². The number of aromatic nitrogens is 1. The Morgan fingerprint density at radius 2 is 2.20 bits per heavy atom. The largest absolute Gasteiger partial charge is 0.355 e. The van der Waals surface area contributed by atoms with Gasteiger partial charge in [-0.3, -0.25) is 0 Å². The lowest BCUT2D eigenvalue weighted by atomic mass is 10.1. The molecule has 15 heavy (non-hydrogen) atoms. The molecule has 0 aliphatic heterocycles. The number of nitriles is 1. The number of H-pyrrole nitrogens is 1. The average Bonchev–Trinajstić information content (AvgIpc) is 2.67. The zero-order valence-corrected chi connectivity index (χ0v) is 8.95. The van der Waals surface area contributed by atoms with Gasteiger partial charge in [-0.05, 0) is 12.1 Å². The number of nitrogens with zero attached hydrogens (tertiary/aromatic N) is 1. The van der Waals surface area contributed by atoms with Gasteiger partial charge in [-0.15, -0.1) is 11.6 Å². The minimum atomic E-state index is -0.554. The first-order valence-electron chi connectivity index (χ1n) is 4.13. The van der Waals surface area contributed by atoms with Crippen molar-refractivity contribution < 1.29 is 4.39 Å². The molecule has 0 aliphatic carbocycles. The van der Waals surface area contributed by atoms with Crippen LogP contribution in [-0.2, 0) is 5.88 Å². The molecule has 0 radical (unpaired) electrons. The average molecular weight is 243 g/mol. The highest BCUT2D eigenvalue weighted by atomic mass is 35.5. The molecule has 0 spiro atoms. The minimum absolute atomic E-state index is 0.0676. The van der Waals surface area contributed by atoms with Crippen LogP contribution in [0.5, 0.6) is 0 Å². The first-order valence-corrected chi connectivity index (χ1v) is 5.04.